The van der Waals surface area contributed by atoms with Gasteiger partial charge in [0.15, 0.2) is 10.0 Å². The molecule has 0 radical (unpaired) electrons. The van der Waals surface area contributed by atoms with E-state index in [1.165, 1.54) is 9.40 Å². The summed E-state index contributed by atoms with van der Waals surface area (Å²) < 4.78 is 2.43. The summed E-state index contributed by atoms with van der Waals surface area (Å²) in [5, 5.41) is 2.02. The molecule has 94 valence electrons. The highest BCUT2D eigenvalue weighted by Crippen LogP contribution is 2.34. The van der Waals surface area contributed by atoms with Crippen LogP contribution in [0.5, 0.6) is 0 Å². The molecule has 0 bridgehead atoms. The molecule has 19 heavy (non-hydrogen) atoms. The fraction of sp³-hybridized carbons (Fsp3) is 0. The first-order valence-corrected chi connectivity index (χ1v) is 7.25. The lowest BCUT2D eigenvalue weighted by molar-refractivity contribution is 1.42. The first kappa shape index (κ1) is 12.6. The molecule has 0 saturated carbocycles. The number of aromatic nitrogens is 2. The maximum atomic E-state index is 4.64. The molecule has 4 aromatic rings. The Kier molecular flexibility index (Phi) is 3.26. The number of nitrogens with zero attached hydrogens (tertiary/aromatic N) is 2. The molecule has 0 aliphatic rings. The summed E-state index contributed by atoms with van der Waals surface area (Å²) in [6.45, 7) is 0. The smallest absolute Gasteiger partial charge is 0.153 e. The van der Waals surface area contributed by atoms with Gasteiger partial charge in [0.05, 0.1) is 20.4 Å². The van der Waals surface area contributed by atoms with Crippen molar-refractivity contribution in [3.8, 4) is 10.0 Å². The molecular formula is C14H10N2S3. The van der Waals surface area contributed by atoms with Crippen LogP contribution in [0.3, 0.4) is 0 Å². The third kappa shape index (κ3) is 2.14. The molecule has 0 aliphatic carbocycles. The van der Waals surface area contributed by atoms with Crippen molar-refractivity contribution in [2.45, 2.75) is 0 Å². The van der Waals surface area contributed by atoms with E-state index in [1.807, 2.05) is 36.4 Å². The van der Waals surface area contributed by atoms with Gasteiger partial charge < -0.3 is 0 Å². The molecule has 0 aliphatic heterocycles. The van der Waals surface area contributed by atoms with Gasteiger partial charge in [-0.1, -0.05) is 24.3 Å². The van der Waals surface area contributed by atoms with E-state index in [4.69, 9.17) is 0 Å². The Bertz CT molecular complexity index is 710. The third-order valence-electron chi connectivity index (χ3n) is 2.77. The standard InChI is InChI=1S/C14H8N2S2.H2S/c1-3-7-11-9(5-1)15-13(17-11)14-16-10-6-2-4-8-12(10)18-14;/h1-8H;1H2. The van der Waals surface area contributed by atoms with Crippen molar-refractivity contribution in [3.63, 3.8) is 0 Å². The van der Waals surface area contributed by atoms with Gasteiger partial charge in [0.25, 0.3) is 0 Å². The van der Waals surface area contributed by atoms with E-state index in [2.05, 4.69) is 22.1 Å². The maximum absolute atomic E-state index is 4.64. The van der Waals surface area contributed by atoms with Crippen LogP contribution in [0.15, 0.2) is 48.5 Å². The van der Waals surface area contributed by atoms with Crippen molar-refractivity contribution in [2.75, 3.05) is 0 Å². The SMILES string of the molecule is S.c1ccc2sc(-c3nc4ccccc4s3)nc2c1. The Morgan fingerprint density at radius 2 is 1.05 bits per heavy atom. The zero-order chi connectivity index (χ0) is 11.9. The van der Waals surface area contributed by atoms with E-state index in [1.54, 1.807) is 22.7 Å². The summed E-state index contributed by atoms with van der Waals surface area (Å²) in [6.07, 6.45) is 0. The highest BCUT2D eigenvalue weighted by Gasteiger charge is 2.10. The molecular weight excluding hydrogens is 292 g/mol. The van der Waals surface area contributed by atoms with Crippen LogP contribution in [0.25, 0.3) is 30.4 Å². The fourth-order valence-corrected chi connectivity index (χ4v) is 3.88. The summed E-state index contributed by atoms with van der Waals surface area (Å²) in [4.78, 5) is 9.29. The van der Waals surface area contributed by atoms with Crippen LogP contribution in [0, 0.1) is 0 Å². The number of thiazole rings is 2. The van der Waals surface area contributed by atoms with Crippen molar-refractivity contribution in [1.82, 2.24) is 9.97 Å². The Morgan fingerprint density at radius 1 is 0.632 bits per heavy atom. The molecule has 0 atom stereocenters. The van der Waals surface area contributed by atoms with Crippen molar-refractivity contribution in [2.24, 2.45) is 0 Å². The largest absolute Gasteiger partial charge is 0.233 e. The van der Waals surface area contributed by atoms with Crippen LogP contribution in [0.2, 0.25) is 0 Å². The fourth-order valence-electron chi connectivity index (χ4n) is 1.93. The Balaban J connectivity index is 0.00000110. The summed E-state index contributed by atoms with van der Waals surface area (Å²) >= 11 is 3.40. The molecule has 0 spiro atoms. The quantitative estimate of drug-likeness (QED) is 0.510. The van der Waals surface area contributed by atoms with Gasteiger partial charge in [-0.15, -0.1) is 22.7 Å². The van der Waals surface area contributed by atoms with Crippen LogP contribution < -0.4 is 0 Å². The minimum Gasteiger partial charge on any atom is -0.233 e. The van der Waals surface area contributed by atoms with Gasteiger partial charge in [-0.25, -0.2) is 9.97 Å². The summed E-state index contributed by atoms with van der Waals surface area (Å²) in [5.74, 6) is 0. The monoisotopic (exact) mass is 302 g/mol. The second kappa shape index (κ2) is 4.92. The molecule has 4 rings (SSSR count). The molecule has 2 aromatic carbocycles. The average Bonchev–Trinajstić information content (AvgIpc) is 3.02. The van der Waals surface area contributed by atoms with Gasteiger partial charge in [-0.2, -0.15) is 13.5 Å². The van der Waals surface area contributed by atoms with Gasteiger partial charge in [0, 0.05) is 0 Å². The normalized spacial score (nSPS) is 10.7. The molecule has 0 unspecified atom stereocenters. The van der Waals surface area contributed by atoms with Crippen molar-refractivity contribution in [1.29, 1.82) is 0 Å². The van der Waals surface area contributed by atoms with Gasteiger partial charge >= 0.3 is 0 Å². The number of para-hydroxylation sites is 2. The first-order chi connectivity index (χ1) is 8.90. The molecule has 2 nitrogen and oxygen atoms in total. The van der Waals surface area contributed by atoms with Crippen molar-refractivity contribution >= 4 is 56.6 Å². The summed E-state index contributed by atoms with van der Waals surface area (Å²) in [7, 11) is 0. The Morgan fingerprint density at radius 3 is 1.47 bits per heavy atom. The molecule has 5 heteroatoms. The predicted molar refractivity (Wildman–Crippen MR) is 88.6 cm³/mol. The summed E-state index contributed by atoms with van der Waals surface area (Å²) in [6, 6.07) is 16.4. The first-order valence-electron chi connectivity index (χ1n) is 5.62. The van der Waals surface area contributed by atoms with E-state index in [0.717, 1.165) is 21.0 Å². The van der Waals surface area contributed by atoms with Crippen LogP contribution in [0.4, 0.5) is 0 Å². The summed E-state index contributed by atoms with van der Waals surface area (Å²) in [5.41, 5.74) is 2.11. The lowest BCUT2D eigenvalue weighted by atomic mass is 10.3. The van der Waals surface area contributed by atoms with Gasteiger partial charge in [-0.05, 0) is 24.3 Å². The minimum atomic E-state index is 0. The number of hydrogen-bond acceptors (Lipinski definition) is 4. The second-order valence-corrected chi connectivity index (χ2v) is 6.03. The van der Waals surface area contributed by atoms with Crippen LogP contribution in [-0.4, -0.2) is 9.97 Å². The van der Waals surface area contributed by atoms with Gasteiger partial charge in [0.1, 0.15) is 0 Å². The van der Waals surface area contributed by atoms with Gasteiger partial charge in [-0.3, -0.25) is 0 Å². The lowest BCUT2D eigenvalue weighted by Gasteiger charge is -1.83. The van der Waals surface area contributed by atoms with Gasteiger partial charge in [0.2, 0.25) is 0 Å². The Labute approximate surface area is 125 Å². The number of fused-ring (bicyclic) bond motifs is 2. The lowest BCUT2D eigenvalue weighted by Crippen LogP contribution is -1.72. The minimum absolute atomic E-state index is 0. The van der Waals surface area contributed by atoms with Crippen molar-refractivity contribution in [3.05, 3.63) is 48.5 Å². The molecule has 0 amide bonds. The van der Waals surface area contributed by atoms with Crippen LogP contribution in [-0.2, 0) is 0 Å². The number of rotatable bonds is 1. The van der Waals surface area contributed by atoms with Crippen LogP contribution in [0.1, 0.15) is 0 Å². The highest BCUT2D eigenvalue weighted by atomic mass is 32.1. The van der Waals surface area contributed by atoms with Crippen LogP contribution >= 0.6 is 36.2 Å². The number of benzene rings is 2. The van der Waals surface area contributed by atoms with E-state index >= 15 is 0 Å². The van der Waals surface area contributed by atoms with E-state index < -0.39 is 0 Å². The third-order valence-corrected chi connectivity index (χ3v) is 4.99. The Hall–Kier alpha value is -1.43. The van der Waals surface area contributed by atoms with E-state index in [-0.39, 0.29) is 13.5 Å². The van der Waals surface area contributed by atoms with Crippen molar-refractivity contribution < 1.29 is 0 Å². The molecule has 2 aromatic heterocycles. The highest BCUT2D eigenvalue weighted by molar-refractivity contribution is 7.59. The molecule has 0 saturated heterocycles. The van der Waals surface area contributed by atoms with E-state index in [0.29, 0.717) is 0 Å². The zero-order valence-electron chi connectivity index (χ0n) is 9.83. The predicted octanol–water partition coefficient (Wildman–Crippen LogP) is 4.69. The molecule has 0 N–H and O–H groups in total. The zero-order valence-corrected chi connectivity index (χ0v) is 12.5. The maximum Gasteiger partial charge on any atom is 0.153 e. The molecule has 0 fully saturated rings. The van der Waals surface area contributed by atoms with E-state index in [9.17, 15) is 0 Å². The second-order valence-electron chi connectivity index (χ2n) is 3.97. The average molecular weight is 302 g/mol. The number of hydrogen-bond donors (Lipinski definition) is 0. The molecule has 2 heterocycles. The topological polar surface area (TPSA) is 25.8 Å².